The highest BCUT2D eigenvalue weighted by atomic mass is 16.6. The van der Waals surface area contributed by atoms with E-state index in [1.807, 2.05) is 24.3 Å². The van der Waals surface area contributed by atoms with Gasteiger partial charge < -0.3 is 14.6 Å². The SMILES string of the molecule is O=C(O)c1cc(N2CCOC2=O)cc(N2C(=O)C3(CC34CCOCC4)c3ccccc32)c1. The molecule has 2 amide bonds. The number of nitrogens with zero attached hydrogens (tertiary/aromatic N) is 2. The van der Waals surface area contributed by atoms with Gasteiger partial charge in [0.1, 0.15) is 6.61 Å². The number of ether oxygens (including phenoxy) is 2. The van der Waals surface area contributed by atoms with E-state index in [4.69, 9.17) is 9.47 Å². The predicted molar refractivity (Wildman–Crippen MR) is 114 cm³/mol. The second-order valence-electron chi connectivity index (χ2n) is 8.94. The normalized spacial score (nSPS) is 25.4. The zero-order valence-corrected chi connectivity index (χ0v) is 17.4. The van der Waals surface area contributed by atoms with E-state index in [2.05, 4.69) is 0 Å². The fourth-order valence-corrected chi connectivity index (χ4v) is 5.85. The fourth-order valence-electron chi connectivity index (χ4n) is 5.85. The van der Waals surface area contributed by atoms with Gasteiger partial charge in [-0.3, -0.25) is 14.6 Å². The summed E-state index contributed by atoms with van der Waals surface area (Å²) in [5.74, 6) is -1.15. The molecule has 0 aromatic heterocycles. The molecule has 164 valence electrons. The number of carbonyl (C=O) groups is 3. The second kappa shape index (κ2) is 6.56. The van der Waals surface area contributed by atoms with Gasteiger partial charge in [0.25, 0.3) is 0 Å². The van der Waals surface area contributed by atoms with Crippen molar-refractivity contribution in [3.63, 3.8) is 0 Å². The summed E-state index contributed by atoms with van der Waals surface area (Å²) in [6, 6.07) is 12.4. The van der Waals surface area contributed by atoms with Crippen LogP contribution in [0.5, 0.6) is 0 Å². The lowest BCUT2D eigenvalue weighted by Gasteiger charge is -2.27. The van der Waals surface area contributed by atoms with E-state index in [9.17, 15) is 19.5 Å². The van der Waals surface area contributed by atoms with Crippen LogP contribution in [0, 0.1) is 5.41 Å². The van der Waals surface area contributed by atoms with Crippen molar-refractivity contribution < 1.29 is 29.0 Å². The maximum Gasteiger partial charge on any atom is 0.414 e. The molecule has 1 saturated carbocycles. The van der Waals surface area contributed by atoms with Crippen LogP contribution in [-0.4, -0.2) is 49.4 Å². The Hall–Kier alpha value is -3.39. The Balaban J connectivity index is 1.49. The monoisotopic (exact) mass is 434 g/mol. The molecule has 1 unspecified atom stereocenters. The van der Waals surface area contributed by atoms with Gasteiger partial charge >= 0.3 is 12.1 Å². The van der Waals surface area contributed by atoms with Crippen LogP contribution in [0.4, 0.5) is 21.9 Å². The first kappa shape index (κ1) is 19.3. The van der Waals surface area contributed by atoms with Crippen LogP contribution in [0.25, 0.3) is 0 Å². The van der Waals surface area contributed by atoms with Crippen LogP contribution in [0.15, 0.2) is 42.5 Å². The summed E-state index contributed by atoms with van der Waals surface area (Å²) < 4.78 is 10.6. The Morgan fingerprint density at radius 2 is 1.75 bits per heavy atom. The third-order valence-corrected chi connectivity index (χ3v) is 7.49. The van der Waals surface area contributed by atoms with Crippen molar-refractivity contribution >= 4 is 35.0 Å². The van der Waals surface area contributed by atoms with Gasteiger partial charge in [0.2, 0.25) is 5.91 Å². The topological polar surface area (TPSA) is 96.4 Å². The summed E-state index contributed by atoms with van der Waals surface area (Å²) in [7, 11) is 0. The number of hydrogen-bond acceptors (Lipinski definition) is 5. The first-order valence-corrected chi connectivity index (χ1v) is 10.8. The minimum Gasteiger partial charge on any atom is -0.478 e. The number of amides is 2. The maximum absolute atomic E-state index is 14.0. The molecule has 0 radical (unpaired) electrons. The Kier molecular flexibility index (Phi) is 3.96. The van der Waals surface area contributed by atoms with Crippen molar-refractivity contribution in [2.75, 3.05) is 36.2 Å². The summed E-state index contributed by atoms with van der Waals surface area (Å²) in [6.45, 7) is 1.86. The van der Waals surface area contributed by atoms with Crippen molar-refractivity contribution in [3.8, 4) is 0 Å². The molecular weight excluding hydrogens is 412 g/mol. The molecule has 3 heterocycles. The molecule has 4 aliphatic rings. The quantitative estimate of drug-likeness (QED) is 0.795. The van der Waals surface area contributed by atoms with Gasteiger partial charge in [0.15, 0.2) is 0 Å². The summed E-state index contributed by atoms with van der Waals surface area (Å²) in [5.41, 5.74) is 1.93. The lowest BCUT2D eigenvalue weighted by molar-refractivity contribution is -0.121. The second-order valence-corrected chi connectivity index (χ2v) is 8.94. The molecule has 2 aromatic rings. The van der Waals surface area contributed by atoms with Crippen LogP contribution in [0.2, 0.25) is 0 Å². The number of rotatable bonds is 3. The molecule has 8 nitrogen and oxygen atoms in total. The molecule has 0 bridgehead atoms. The Labute approximate surface area is 184 Å². The number of cyclic esters (lactones) is 1. The molecule has 2 aromatic carbocycles. The molecule has 1 N–H and O–H groups in total. The van der Waals surface area contributed by atoms with Crippen LogP contribution in [-0.2, 0) is 19.7 Å². The van der Waals surface area contributed by atoms with Crippen LogP contribution in [0.3, 0.4) is 0 Å². The number of carboxylic acid groups (broad SMARTS) is 1. The average Bonchev–Trinajstić information content (AvgIpc) is 3.08. The molecule has 8 heteroatoms. The first-order valence-electron chi connectivity index (χ1n) is 10.8. The molecule has 32 heavy (non-hydrogen) atoms. The summed E-state index contributed by atoms with van der Waals surface area (Å²) in [6.07, 6.45) is 1.92. The number of aromatic carboxylic acids is 1. The number of carbonyl (C=O) groups excluding carboxylic acids is 2. The first-order chi connectivity index (χ1) is 15.5. The molecule has 3 aliphatic heterocycles. The molecule has 1 atom stereocenters. The van der Waals surface area contributed by atoms with Crippen LogP contribution in [0.1, 0.15) is 35.2 Å². The van der Waals surface area contributed by atoms with Gasteiger partial charge in [0, 0.05) is 13.2 Å². The van der Waals surface area contributed by atoms with E-state index < -0.39 is 17.5 Å². The molecule has 1 aliphatic carbocycles. The average molecular weight is 434 g/mol. The largest absolute Gasteiger partial charge is 0.478 e. The van der Waals surface area contributed by atoms with Crippen molar-refractivity contribution in [1.29, 1.82) is 0 Å². The van der Waals surface area contributed by atoms with E-state index in [1.165, 1.54) is 17.0 Å². The highest BCUT2D eigenvalue weighted by molar-refractivity contribution is 6.16. The van der Waals surface area contributed by atoms with Crippen LogP contribution < -0.4 is 9.80 Å². The van der Waals surface area contributed by atoms with E-state index in [0.717, 1.165) is 30.5 Å². The number of para-hydroxylation sites is 1. The standard InChI is InChI=1S/C24H22N2O6/c27-20(28)15-11-16(25-7-10-32-22(25)30)13-17(12-15)26-19-4-2-1-3-18(19)24(21(26)29)14-23(24)5-8-31-9-6-23/h1-4,11-13H,5-10,14H2,(H,27,28). The Morgan fingerprint density at radius 1 is 1.00 bits per heavy atom. The van der Waals surface area contributed by atoms with Crippen molar-refractivity contribution in [2.24, 2.45) is 5.41 Å². The summed E-state index contributed by atoms with van der Waals surface area (Å²) >= 11 is 0. The molecule has 2 spiro atoms. The fraction of sp³-hybridized carbons (Fsp3) is 0.375. The van der Waals surface area contributed by atoms with Crippen molar-refractivity contribution in [3.05, 3.63) is 53.6 Å². The van der Waals surface area contributed by atoms with Gasteiger partial charge in [-0.05, 0) is 54.5 Å². The Bertz CT molecular complexity index is 1170. The number of anilines is 3. The minimum atomic E-state index is -1.12. The third kappa shape index (κ3) is 2.44. The summed E-state index contributed by atoms with van der Waals surface area (Å²) in [5, 5.41) is 9.71. The molecule has 6 rings (SSSR count). The predicted octanol–water partition coefficient (Wildman–Crippen LogP) is 3.46. The Morgan fingerprint density at radius 3 is 2.47 bits per heavy atom. The molecule has 2 saturated heterocycles. The van der Waals surface area contributed by atoms with Gasteiger partial charge in [-0.15, -0.1) is 0 Å². The van der Waals surface area contributed by atoms with Crippen LogP contribution >= 0.6 is 0 Å². The van der Waals surface area contributed by atoms with Gasteiger partial charge in [-0.1, -0.05) is 18.2 Å². The third-order valence-electron chi connectivity index (χ3n) is 7.49. The van der Waals surface area contributed by atoms with Gasteiger partial charge in [-0.2, -0.15) is 0 Å². The number of carboxylic acids is 1. The lowest BCUT2D eigenvalue weighted by Crippen LogP contribution is -2.35. The zero-order chi connectivity index (χ0) is 22.1. The van der Waals surface area contributed by atoms with E-state index >= 15 is 0 Å². The van der Waals surface area contributed by atoms with Crippen molar-refractivity contribution in [1.82, 2.24) is 0 Å². The van der Waals surface area contributed by atoms with E-state index in [-0.39, 0.29) is 23.5 Å². The van der Waals surface area contributed by atoms with Gasteiger partial charge in [-0.25, -0.2) is 9.59 Å². The maximum atomic E-state index is 14.0. The van der Waals surface area contributed by atoms with Crippen molar-refractivity contribution in [2.45, 2.75) is 24.7 Å². The summed E-state index contributed by atoms with van der Waals surface area (Å²) in [4.78, 5) is 41.1. The highest BCUT2D eigenvalue weighted by Gasteiger charge is 2.76. The van der Waals surface area contributed by atoms with E-state index in [1.54, 1.807) is 11.0 Å². The number of fused-ring (bicyclic) bond motifs is 3. The molecular formula is C24H22N2O6. The highest BCUT2D eigenvalue weighted by Crippen LogP contribution is 2.74. The number of benzene rings is 2. The zero-order valence-electron chi connectivity index (χ0n) is 17.4. The molecule has 3 fully saturated rings. The van der Waals surface area contributed by atoms with Gasteiger partial charge in [0.05, 0.1) is 34.6 Å². The minimum absolute atomic E-state index is 0.0139. The number of hydrogen-bond donors (Lipinski definition) is 1. The lowest BCUT2D eigenvalue weighted by atomic mass is 9.82. The van der Waals surface area contributed by atoms with E-state index in [0.29, 0.717) is 31.1 Å². The smallest absolute Gasteiger partial charge is 0.414 e.